The van der Waals surface area contributed by atoms with Gasteiger partial charge in [0.05, 0.1) is 6.61 Å². The Hall–Kier alpha value is -1.02. The molecule has 0 aliphatic carbocycles. The third-order valence-corrected chi connectivity index (χ3v) is 3.37. The first-order valence-electron chi connectivity index (χ1n) is 7.92. The van der Waals surface area contributed by atoms with Gasteiger partial charge >= 0.3 is 0 Å². The number of nitrogens with one attached hydrogen (secondary N) is 1. The molecule has 1 unspecified atom stereocenters. The smallest absolute Gasteiger partial charge is 0.119 e. The van der Waals surface area contributed by atoms with E-state index in [0.29, 0.717) is 11.5 Å². The summed E-state index contributed by atoms with van der Waals surface area (Å²) in [5, 5.41) is 3.60. The maximum atomic E-state index is 5.74. The van der Waals surface area contributed by atoms with Gasteiger partial charge in [0.2, 0.25) is 0 Å². The predicted molar refractivity (Wildman–Crippen MR) is 87.3 cm³/mol. The Morgan fingerprint density at radius 3 is 2.55 bits per heavy atom. The van der Waals surface area contributed by atoms with Gasteiger partial charge in [-0.05, 0) is 48.9 Å². The molecule has 2 nitrogen and oxygen atoms in total. The van der Waals surface area contributed by atoms with Crippen LogP contribution in [0.3, 0.4) is 0 Å². The van der Waals surface area contributed by atoms with E-state index in [1.807, 2.05) is 6.07 Å². The Kier molecular flexibility index (Phi) is 7.08. The molecule has 0 saturated heterocycles. The minimum atomic E-state index is 0.379. The summed E-state index contributed by atoms with van der Waals surface area (Å²) in [6.07, 6.45) is 3.42. The quantitative estimate of drug-likeness (QED) is 0.725. The summed E-state index contributed by atoms with van der Waals surface area (Å²) < 4.78 is 5.74. The highest BCUT2D eigenvalue weighted by atomic mass is 16.5. The average molecular weight is 277 g/mol. The zero-order valence-electron chi connectivity index (χ0n) is 13.8. The lowest BCUT2D eigenvalue weighted by molar-refractivity contribution is 0.315. The van der Waals surface area contributed by atoms with Gasteiger partial charge < -0.3 is 10.1 Å². The van der Waals surface area contributed by atoms with E-state index in [2.05, 4.69) is 58.1 Å². The summed E-state index contributed by atoms with van der Waals surface area (Å²) in [6, 6.07) is 8.96. The first-order valence-corrected chi connectivity index (χ1v) is 7.92. The summed E-state index contributed by atoms with van der Waals surface area (Å²) >= 11 is 0. The molecule has 1 atom stereocenters. The van der Waals surface area contributed by atoms with E-state index in [4.69, 9.17) is 4.74 Å². The van der Waals surface area contributed by atoms with E-state index < -0.39 is 0 Å². The largest absolute Gasteiger partial charge is 0.494 e. The van der Waals surface area contributed by atoms with Crippen LogP contribution in [0.25, 0.3) is 0 Å². The summed E-state index contributed by atoms with van der Waals surface area (Å²) in [5.74, 6) is 0.989. The zero-order chi connectivity index (χ0) is 15.0. The normalized spacial score (nSPS) is 13.2. The molecule has 0 aliphatic rings. The number of hydrogen-bond acceptors (Lipinski definition) is 2. The van der Waals surface area contributed by atoms with E-state index in [-0.39, 0.29) is 0 Å². The van der Waals surface area contributed by atoms with Crippen molar-refractivity contribution < 1.29 is 4.74 Å². The lowest BCUT2D eigenvalue weighted by Gasteiger charge is -2.24. The fourth-order valence-corrected chi connectivity index (χ4v) is 2.25. The molecule has 1 rings (SSSR count). The molecule has 0 spiro atoms. The highest BCUT2D eigenvalue weighted by Crippen LogP contribution is 2.28. The van der Waals surface area contributed by atoms with Gasteiger partial charge in [-0.2, -0.15) is 0 Å². The maximum Gasteiger partial charge on any atom is 0.119 e. The second kappa shape index (κ2) is 8.31. The molecule has 114 valence electrons. The molecule has 1 N–H and O–H groups in total. The molecular formula is C18H31NO. The van der Waals surface area contributed by atoms with Crippen LogP contribution in [0.2, 0.25) is 0 Å². The predicted octanol–water partition coefficient (Wildman–Crippen LogP) is 4.95. The molecule has 0 amide bonds. The van der Waals surface area contributed by atoms with Gasteiger partial charge in [0.1, 0.15) is 5.75 Å². The molecule has 1 aromatic rings. The van der Waals surface area contributed by atoms with Gasteiger partial charge in [-0.15, -0.1) is 0 Å². The summed E-state index contributed by atoms with van der Waals surface area (Å²) in [7, 11) is 0. The highest BCUT2D eigenvalue weighted by Gasteiger charge is 2.16. The molecule has 0 aliphatic heterocycles. The third kappa shape index (κ3) is 6.42. The standard InChI is InChI=1S/C18H31NO/c1-6-13-20-16-10-8-9-15(14-16)17(19-7-2)11-12-18(3,4)5/h8-10,14,17,19H,6-7,11-13H2,1-5H3. The van der Waals surface area contributed by atoms with E-state index >= 15 is 0 Å². The molecule has 0 heterocycles. The van der Waals surface area contributed by atoms with Crippen molar-refractivity contribution in [1.82, 2.24) is 5.32 Å². The number of rotatable bonds is 8. The van der Waals surface area contributed by atoms with Crippen LogP contribution in [0, 0.1) is 5.41 Å². The number of benzene rings is 1. The van der Waals surface area contributed by atoms with Crippen molar-refractivity contribution in [1.29, 1.82) is 0 Å². The molecule has 0 saturated carbocycles. The van der Waals surface area contributed by atoms with Gasteiger partial charge in [0, 0.05) is 6.04 Å². The molecule has 1 aromatic carbocycles. The van der Waals surface area contributed by atoms with E-state index in [1.165, 1.54) is 12.0 Å². The van der Waals surface area contributed by atoms with Crippen molar-refractivity contribution in [3.63, 3.8) is 0 Å². The van der Waals surface area contributed by atoms with Crippen LogP contribution < -0.4 is 10.1 Å². The molecule has 0 fully saturated rings. The van der Waals surface area contributed by atoms with Crippen molar-refractivity contribution in [2.75, 3.05) is 13.2 Å². The van der Waals surface area contributed by atoms with Crippen LogP contribution in [0.1, 0.15) is 65.5 Å². The van der Waals surface area contributed by atoms with E-state index in [0.717, 1.165) is 31.7 Å². The molecular weight excluding hydrogens is 246 g/mol. The van der Waals surface area contributed by atoms with Crippen LogP contribution in [-0.4, -0.2) is 13.2 Å². The highest BCUT2D eigenvalue weighted by molar-refractivity contribution is 5.30. The molecule has 0 aromatic heterocycles. The van der Waals surface area contributed by atoms with Gasteiger partial charge in [-0.3, -0.25) is 0 Å². The second-order valence-electron chi connectivity index (χ2n) is 6.63. The first kappa shape index (κ1) is 17.0. The van der Waals surface area contributed by atoms with Crippen molar-refractivity contribution in [2.24, 2.45) is 5.41 Å². The van der Waals surface area contributed by atoms with Gasteiger partial charge in [-0.1, -0.05) is 46.8 Å². The minimum absolute atomic E-state index is 0.379. The fraction of sp³-hybridized carbons (Fsp3) is 0.667. The fourth-order valence-electron chi connectivity index (χ4n) is 2.25. The Labute approximate surface area is 124 Å². The summed E-state index contributed by atoms with van der Waals surface area (Å²) in [5.41, 5.74) is 1.72. The summed E-state index contributed by atoms with van der Waals surface area (Å²) in [4.78, 5) is 0. The van der Waals surface area contributed by atoms with Crippen LogP contribution in [-0.2, 0) is 0 Å². The van der Waals surface area contributed by atoms with E-state index in [9.17, 15) is 0 Å². The SMILES string of the molecule is CCCOc1cccc(C(CCC(C)(C)C)NCC)c1. The van der Waals surface area contributed by atoms with Crippen molar-refractivity contribution in [2.45, 2.75) is 59.9 Å². The molecule has 0 bridgehead atoms. The molecule has 0 radical (unpaired) electrons. The Bertz CT molecular complexity index is 381. The van der Waals surface area contributed by atoms with Crippen molar-refractivity contribution >= 4 is 0 Å². The maximum absolute atomic E-state index is 5.74. The minimum Gasteiger partial charge on any atom is -0.494 e. The second-order valence-corrected chi connectivity index (χ2v) is 6.63. The van der Waals surface area contributed by atoms with E-state index in [1.54, 1.807) is 0 Å². The van der Waals surface area contributed by atoms with Gasteiger partial charge in [0.25, 0.3) is 0 Å². The Morgan fingerprint density at radius 2 is 1.95 bits per heavy atom. The molecule has 2 heteroatoms. The lowest BCUT2D eigenvalue weighted by atomic mass is 9.87. The first-order chi connectivity index (χ1) is 9.46. The van der Waals surface area contributed by atoms with Crippen LogP contribution in [0.4, 0.5) is 0 Å². The van der Waals surface area contributed by atoms with Crippen LogP contribution in [0.15, 0.2) is 24.3 Å². The van der Waals surface area contributed by atoms with Crippen LogP contribution >= 0.6 is 0 Å². The van der Waals surface area contributed by atoms with Gasteiger partial charge in [-0.25, -0.2) is 0 Å². The van der Waals surface area contributed by atoms with Gasteiger partial charge in [0.15, 0.2) is 0 Å². The zero-order valence-corrected chi connectivity index (χ0v) is 13.8. The van der Waals surface area contributed by atoms with Crippen molar-refractivity contribution in [3.05, 3.63) is 29.8 Å². The van der Waals surface area contributed by atoms with Crippen molar-refractivity contribution in [3.8, 4) is 5.75 Å². The lowest BCUT2D eigenvalue weighted by Crippen LogP contribution is -2.22. The van der Waals surface area contributed by atoms with Crippen LogP contribution in [0.5, 0.6) is 5.75 Å². The Morgan fingerprint density at radius 1 is 1.20 bits per heavy atom. The Balaban J connectivity index is 2.74. The molecule has 20 heavy (non-hydrogen) atoms. The number of ether oxygens (including phenoxy) is 1. The topological polar surface area (TPSA) is 21.3 Å². The third-order valence-electron chi connectivity index (χ3n) is 3.37. The average Bonchev–Trinajstić information content (AvgIpc) is 2.40. The monoisotopic (exact) mass is 277 g/mol. The summed E-state index contributed by atoms with van der Waals surface area (Å²) in [6.45, 7) is 13.0. The number of hydrogen-bond donors (Lipinski definition) is 1.